The second-order valence-corrected chi connectivity index (χ2v) is 8.52. The largest absolute Gasteiger partial charge is 0.497 e. The van der Waals surface area contributed by atoms with Crippen LogP contribution in [-0.4, -0.2) is 56.4 Å². The zero-order valence-corrected chi connectivity index (χ0v) is 19.3. The van der Waals surface area contributed by atoms with E-state index in [1.54, 1.807) is 25.7 Å². The van der Waals surface area contributed by atoms with E-state index >= 15 is 0 Å². The molecule has 1 aromatic carbocycles. The standard InChI is InChI=1S/C26H25N7O2/c1-34-19-4-2-3-16(11-19)21-7-10-29-26-24(21)30-25(31-26)23-13-22(32-33-23)17-12-20(15-28-14-17)35-18-5-8-27-9-6-18/h2-4,7,10-15,18,27H,5-6,8-9H2,1H3,(H,32,33)(H,29,30,31). The molecule has 176 valence electrons. The molecule has 0 aliphatic carbocycles. The van der Waals surface area contributed by atoms with Crippen molar-refractivity contribution in [2.45, 2.75) is 18.9 Å². The fourth-order valence-electron chi connectivity index (χ4n) is 4.38. The van der Waals surface area contributed by atoms with Gasteiger partial charge in [0.15, 0.2) is 11.5 Å². The molecule has 6 rings (SSSR count). The van der Waals surface area contributed by atoms with Crippen molar-refractivity contribution in [2.75, 3.05) is 20.2 Å². The van der Waals surface area contributed by atoms with Crippen LogP contribution in [0.5, 0.6) is 11.5 Å². The second kappa shape index (κ2) is 9.19. The number of fused-ring (bicyclic) bond motifs is 1. The summed E-state index contributed by atoms with van der Waals surface area (Å²) in [4.78, 5) is 17.0. The molecule has 0 saturated carbocycles. The number of aromatic amines is 2. The highest BCUT2D eigenvalue weighted by Crippen LogP contribution is 2.31. The molecule has 5 heterocycles. The molecule has 5 aromatic rings. The quantitative estimate of drug-likeness (QED) is 0.343. The molecule has 1 fully saturated rings. The van der Waals surface area contributed by atoms with E-state index in [-0.39, 0.29) is 6.10 Å². The molecule has 9 nitrogen and oxygen atoms in total. The second-order valence-electron chi connectivity index (χ2n) is 8.52. The van der Waals surface area contributed by atoms with Crippen LogP contribution in [0.25, 0.3) is 45.1 Å². The molecule has 3 N–H and O–H groups in total. The number of nitrogens with one attached hydrogen (secondary N) is 3. The highest BCUT2D eigenvalue weighted by atomic mass is 16.5. The number of hydrogen-bond donors (Lipinski definition) is 3. The Morgan fingerprint density at radius 1 is 0.971 bits per heavy atom. The number of aromatic nitrogens is 6. The van der Waals surface area contributed by atoms with Gasteiger partial charge in [-0.05, 0) is 61.8 Å². The minimum atomic E-state index is 0.215. The molecule has 0 spiro atoms. The molecule has 0 radical (unpaired) electrons. The van der Waals surface area contributed by atoms with Gasteiger partial charge in [0, 0.05) is 23.5 Å². The number of H-pyrrole nitrogens is 2. The van der Waals surface area contributed by atoms with Gasteiger partial charge in [-0.2, -0.15) is 5.10 Å². The van der Waals surface area contributed by atoms with Crippen LogP contribution in [0, 0.1) is 0 Å². The first-order chi connectivity index (χ1) is 17.3. The fourth-order valence-corrected chi connectivity index (χ4v) is 4.38. The van der Waals surface area contributed by atoms with Crippen LogP contribution in [0.15, 0.2) is 61.1 Å². The van der Waals surface area contributed by atoms with Crippen LogP contribution in [0.2, 0.25) is 0 Å². The first-order valence-corrected chi connectivity index (χ1v) is 11.6. The van der Waals surface area contributed by atoms with Crippen molar-refractivity contribution in [2.24, 2.45) is 0 Å². The number of methoxy groups -OCH3 is 1. The van der Waals surface area contributed by atoms with Gasteiger partial charge in [0.1, 0.15) is 28.8 Å². The zero-order chi connectivity index (χ0) is 23.6. The van der Waals surface area contributed by atoms with Crippen LogP contribution in [0.4, 0.5) is 0 Å². The Kier molecular flexibility index (Phi) is 5.59. The molecular formula is C26H25N7O2. The SMILES string of the molecule is COc1cccc(-c2ccnc3[nH]c(-c4cc(-c5cncc(OC6CCNCC6)c5)[nH]n4)nc23)c1. The number of imidazole rings is 1. The van der Waals surface area contributed by atoms with E-state index < -0.39 is 0 Å². The van der Waals surface area contributed by atoms with Crippen LogP contribution in [0.3, 0.4) is 0 Å². The third-order valence-corrected chi connectivity index (χ3v) is 6.20. The van der Waals surface area contributed by atoms with Crippen molar-refractivity contribution in [3.05, 3.63) is 61.1 Å². The summed E-state index contributed by atoms with van der Waals surface area (Å²) < 4.78 is 11.5. The number of ether oxygens (including phenoxy) is 2. The third-order valence-electron chi connectivity index (χ3n) is 6.20. The molecule has 1 saturated heterocycles. The summed E-state index contributed by atoms with van der Waals surface area (Å²) in [5.41, 5.74) is 5.89. The topological polar surface area (TPSA) is 114 Å². The molecule has 0 unspecified atom stereocenters. The molecule has 9 heteroatoms. The molecule has 1 aliphatic rings. The Morgan fingerprint density at radius 2 is 1.86 bits per heavy atom. The summed E-state index contributed by atoms with van der Waals surface area (Å²) in [5, 5.41) is 10.9. The maximum absolute atomic E-state index is 6.15. The van der Waals surface area contributed by atoms with Crippen LogP contribution in [0.1, 0.15) is 12.8 Å². The highest BCUT2D eigenvalue weighted by molar-refractivity contribution is 5.91. The summed E-state index contributed by atoms with van der Waals surface area (Å²) in [6.45, 7) is 1.96. The Labute approximate surface area is 202 Å². The smallest absolute Gasteiger partial charge is 0.160 e. The summed E-state index contributed by atoms with van der Waals surface area (Å²) in [5.74, 6) is 2.20. The summed E-state index contributed by atoms with van der Waals surface area (Å²) >= 11 is 0. The van der Waals surface area contributed by atoms with Crippen LogP contribution < -0.4 is 14.8 Å². The lowest BCUT2D eigenvalue weighted by Crippen LogP contribution is -2.34. The normalized spacial score (nSPS) is 14.3. The van der Waals surface area contributed by atoms with Crippen LogP contribution >= 0.6 is 0 Å². The maximum Gasteiger partial charge on any atom is 0.160 e. The Balaban J connectivity index is 1.29. The van der Waals surface area contributed by atoms with Gasteiger partial charge < -0.3 is 19.8 Å². The van der Waals surface area contributed by atoms with Gasteiger partial charge in [0.25, 0.3) is 0 Å². The van der Waals surface area contributed by atoms with E-state index in [2.05, 4.69) is 30.5 Å². The van der Waals surface area contributed by atoms with Gasteiger partial charge in [0.05, 0.1) is 19.0 Å². The number of rotatable bonds is 6. The monoisotopic (exact) mass is 467 g/mol. The van der Waals surface area contributed by atoms with Crippen molar-refractivity contribution in [3.63, 3.8) is 0 Å². The van der Waals surface area contributed by atoms with Crippen molar-refractivity contribution in [1.82, 2.24) is 35.5 Å². The molecule has 35 heavy (non-hydrogen) atoms. The molecule has 0 bridgehead atoms. The Morgan fingerprint density at radius 3 is 2.74 bits per heavy atom. The maximum atomic E-state index is 6.15. The van der Waals surface area contributed by atoms with Gasteiger partial charge in [-0.3, -0.25) is 10.1 Å². The van der Waals surface area contributed by atoms with E-state index in [1.807, 2.05) is 42.5 Å². The molecule has 0 atom stereocenters. The van der Waals surface area contributed by atoms with Crippen molar-refractivity contribution in [3.8, 4) is 45.4 Å². The highest BCUT2D eigenvalue weighted by Gasteiger charge is 2.17. The van der Waals surface area contributed by atoms with Gasteiger partial charge >= 0.3 is 0 Å². The van der Waals surface area contributed by atoms with Crippen LogP contribution in [-0.2, 0) is 0 Å². The lowest BCUT2D eigenvalue weighted by molar-refractivity contribution is 0.162. The summed E-state index contributed by atoms with van der Waals surface area (Å²) in [6, 6.07) is 13.8. The van der Waals surface area contributed by atoms with E-state index in [0.717, 1.165) is 65.3 Å². The van der Waals surface area contributed by atoms with E-state index in [1.165, 1.54) is 0 Å². The number of piperidine rings is 1. The Bertz CT molecular complexity index is 1470. The van der Waals surface area contributed by atoms with Crippen molar-refractivity contribution < 1.29 is 9.47 Å². The third kappa shape index (κ3) is 4.33. The van der Waals surface area contributed by atoms with Crippen molar-refractivity contribution in [1.29, 1.82) is 0 Å². The lowest BCUT2D eigenvalue weighted by Gasteiger charge is -2.23. The van der Waals surface area contributed by atoms with Gasteiger partial charge in [-0.25, -0.2) is 9.97 Å². The summed E-state index contributed by atoms with van der Waals surface area (Å²) in [7, 11) is 1.66. The number of nitrogens with zero attached hydrogens (tertiary/aromatic N) is 4. The lowest BCUT2D eigenvalue weighted by atomic mass is 10.1. The molecule has 0 amide bonds. The van der Waals surface area contributed by atoms with Gasteiger partial charge in [0.2, 0.25) is 0 Å². The van der Waals surface area contributed by atoms with E-state index in [0.29, 0.717) is 17.2 Å². The first kappa shape index (κ1) is 21.3. The van der Waals surface area contributed by atoms with Gasteiger partial charge in [-0.15, -0.1) is 0 Å². The number of benzene rings is 1. The fraction of sp³-hybridized carbons (Fsp3) is 0.231. The molecule has 4 aromatic heterocycles. The minimum absolute atomic E-state index is 0.215. The summed E-state index contributed by atoms with van der Waals surface area (Å²) in [6.07, 6.45) is 7.54. The average molecular weight is 468 g/mol. The van der Waals surface area contributed by atoms with Crippen molar-refractivity contribution >= 4 is 11.2 Å². The first-order valence-electron chi connectivity index (χ1n) is 11.6. The predicted molar refractivity (Wildman–Crippen MR) is 133 cm³/mol. The Hall–Kier alpha value is -4.24. The van der Waals surface area contributed by atoms with E-state index in [9.17, 15) is 0 Å². The number of pyridine rings is 2. The number of hydrogen-bond acceptors (Lipinski definition) is 7. The van der Waals surface area contributed by atoms with E-state index in [4.69, 9.17) is 14.5 Å². The van der Waals surface area contributed by atoms with Gasteiger partial charge in [-0.1, -0.05) is 12.1 Å². The average Bonchev–Trinajstić information content (AvgIpc) is 3.57. The molecule has 1 aliphatic heterocycles. The minimum Gasteiger partial charge on any atom is -0.497 e. The molecular weight excluding hydrogens is 442 g/mol. The zero-order valence-electron chi connectivity index (χ0n) is 19.3. The predicted octanol–water partition coefficient (Wildman–Crippen LogP) is 4.22.